The zero-order valence-electron chi connectivity index (χ0n) is 11.6. The quantitative estimate of drug-likeness (QED) is 0.366. The van der Waals surface area contributed by atoms with Gasteiger partial charge in [-0.2, -0.15) is 0 Å². The minimum absolute atomic E-state index is 0.0796. The maximum atomic E-state index is 11.5. The van der Waals surface area contributed by atoms with E-state index < -0.39 is 0 Å². The van der Waals surface area contributed by atoms with Gasteiger partial charge in [0.1, 0.15) is 6.61 Å². The second-order valence-corrected chi connectivity index (χ2v) is 5.27. The zero-order valence-corrected chi connectivity index (χ0v) is 12.6. The van der Waals surface area contributed by atoms with Crippen LogP contribution in [0.3, 0.4) is 0 Å². The van der Waals surface area contributed by atoms with Gasteiger partial charge in [-0.15, -0.1) is 0 Å². The predicted octanol–water partition coefficient (Wildman–Crippen LogP) is 4.05. The number of hydrogen-bond donors (Lipinski definition) is 0. The zero-order chi connectivity index (χ0) is 13.8. The molecule has 0 saturated heterocycles. The molecule has 0 aliphatic rings. The van der Waals surface area contributed by atoms with Gasteiger partial charge in [-0.1, -0.05) is 68.5 Å². The molecule has 103 valence electrons. The van der Waals surface area contributed by atoms with E-state index in [1.54, 1.807) is 0 Å². The first-order valence-corrected chi connectivity index (χ1v) is 7.88. The molecule has 0 spiro atoms. The topological polar surface area (TPSA) is 26.3 Å². The summed E-state index contributed by atoms with van der Waals surface area (Å²) in [4.78, 5) is 11.5. The Kier molecular flexibility index (Phi) is 9.07. The minimum Gasteiger partial charge on any atom is -0.461 e. The molecule has 0 unspecified atom stereocenters. The van der Waals surface area contributed by atoms with Gasteiger partial charge in [0.05, 0.1) is 0 Å². The second kappa shape index (κ2) is 10.8. The van der Waals surface area contributed by atoms with Crippen LogP contribution in [0.25, 0.3) is 0 Å². The number of esters is 1. The first-order valence-electron chi connectivity index (χ1n) is 7.17. The van der Waals surface area contributed by atoms with E-state index in [1.165, 1.54) is 25.7 Å². The number of carbonyl (C=O) groups excluding carboxylic acids is 1. The van der Waals surface area contributed by atoms with Gasteiger partial charge in [-0.05, 0) is 12.0 Å². The van der Waals surface area contributed by atoms with Crippen molar-refractivity contribution in [2.45, 2.75) is 57.6 Å². The van der Waals surface area contributed by atoms with E-state index in [9.17, 15) is 4.79 Å². The largest absolute Gasteiger partial charge is 0.461 e. The molecule has 1 aromatic carbocycles. The van der Waals surface area contributed by atoms with E-state index in [-0.39, 0.29) is 5.97 Å². The molecule has 19 heavy (non-hydrogen) atoms. The number of unbranched alkanes of at least 4 members (excludes halogenated alkanes) is 5. The van der Waals surface area contributed by atoms with E-state index >= 15 is 0 Å². The fourth-order valence-electron chi connectivity index (χ4n) is 1.91. The Morgan fingerprint density at radius 2 is 1.58 bits per heavy atom. The second-order valence-electron chi connectivity index (χ2n) is 4.77. The van der Waals surface area contributed by atoms with E-state index in [0.717, 1.165) is 24.4 Å². The molecule has 0 heterocycles. The van der Waals surface area contributed by atoms with Crippen LogP contribution in [0.2, 0.25) is 6.04 Å². The van der Waals surface area contributed by atoms with Crippen molar-refractivity contribution in [1.29, 1.82) is 0 Å². The standard InChI is InChI=1S/C16H23O2Si/c17-16(12-8-3-1-2-4-9-13-19)18-14-15-10-6-5-7-11-15/h5-7,10-11H,1-4,8-9,12-14H2. The Labute approximate surface area is 120 Å². The summed E-state index contributed by atoms with van der Waals surface area (Å²) in [5.74, 6) is -0.0796. The van der Waals surface area contributed by atoms with Gasteiger partial charge in [0.15, 0.2) is 0 Å². The maximum Gasteiger partial charge on any atom is 0.306 e. The summed E-state index contributed by atoms with van der Waals surface area (Å²) in [6, 6.07) is 10.9. The monoisotopic (exact) mass is 275 g/mol. The molecule has 0 aliphatic heterocycles. The average molecular weight is 275 g/mol. The van der Waals surface area contributed by atoms with Crippen LogP contribution in [0, 0.1) is 0 Å². The Morgan fingerprint density at radius 1 is 0.947 bits per heavy atom. The van der Waals surface area contributed by atoms with E-state index in [2.05, 4.69) is 10.2 Å². The van der Waals surface area contributed by atoms with Crippen LogP contribution in [-0.2, 0) is 16.1 Å². The van der Waals surface area contributed by atoms with Gasteiger partial charge in [0, 0.05) is 16.7 Å². The van der Waals surface area contributed by atoms with Crippen LogP contribution in [0.5, 0.6) is 0 Å². The molecule has 0 amide bonds. The minimum atomic E-state index is -0.0796. The first kappa shape index (κ1) is 16.0. The number of rotatable bonds is 10. The molecule has 1 rings (SSSR count). The molecule has 2 nitrogen and oxygen atoms in total. The summed E-state index contributed by atoms with van der Waals surface area (Å²) in [6.07, 6.45) is 7.63. The molecular weight excluding hydrogens is 252 g/mol. The van der Waals surface area contributed by atoms with Crippen LogP contribution < -0.4 is 0 Å². The Hall–Kier alpha value is -1.09. The third-order valence-electron chi connectivity index (χ3n) is 3.05. The van der Waals surface area contributed by atoms with Crippen LogP contribution in [0.15, 0.2) is 30.3 Å². The van der Waals surface area contributed by atoms with Gasteiger partial charge in [-0.3, -0.25) is 4.79 Å². The molecule has 3 radical (unpaired) electrons. The fraction of sp³-hybridized carbons (Fsp3) is 0.562. The van der Waals surface area contributed by atoms with E-state index in [4.69, 9.17) is 4.74 Å². The Morgan fingerprint density at radius 3 is 2.26 bits per heavy atom. The summed E-state index contributed by atoms with van der Waals surface area (Å²) in [7, 11) is 3.47. The predicted molar refractivity (Wildman–Crippen MR) is 79.1 cm³/mol. The van der Waals surface area contributed by atoms with Crippen molar-refractivity contribution >= 4 is 16.2 Å². The highest BCUT2D eigenvalue weighted by atomic mass is 28.1. The molecule has 0 saturated carbocycles. The van der Waals surface area contributed by atoms with Crippen LogP contribution in [0.1, 0.15) is 50.5 Å². The summed E-state index contributed by atoms with van der Waals surface area (Å²) in [6.45, 7) is 0.394. The lowest BCUT2D eigenvalue weighted by Crippen LogP contribution is -2.04. The molecular formula is C16H23O2Si. The third-order valence-corrected chi connectivity index (χ3v) is 3.40. The number of ether oxygens (including phenoxy) is 1. The lowest BCUT2D eigenvalue weighted by molar-refractivity contribution is -0.145. The van der Waals surface area contributed by atoms with E-state index in [1.807, 2.05) is 30.3 Å². The summed E-state index contributed by atoms with van der Waals surface area (Å²) >= 11 is 0. The Balaban J connectivity index is 1.96. The fourth-order valence-corrected chi connectivity index (χ4v) is 2.16. The number of hydrogen-bond acceptors (Lipinski definition) is 2. The van der Waals surface area contributed by atoms with Gasteiger partial charge >= 0.3 is 5.97 Å². The molecule has 0 bridgehead atoms. The van der Waals surface area contributed by atoms with Gasteiger partial charge in [-0.25, -0.2) is 0 Å². The van der Waals surface area contributed by atoms with Crippen molar-refractivity contribution in [3.8, 4) is 0 Å². The number of benzene rings is 1. The van der Waals surface area contributed by atoms with Crippen molar-refractivity contribution < 1.29 is 9.53 Å². The highest BCUT2D eigenvalue weighted by molar-refractivity contribution is 6.08. The van der Waals surface area contributed by atoms with Crippen LogP contribution in [-0.4, -0.2) is 16.2 Å². The molecule has 3 heteroatoms. The van der Waals surface area contributed by atoms with Crippen molar-refractivity contribution in [2.24, 2.45) is 0 Å². The van der Waals surface area contributed by atoms with E-state index in [0.29, 0.717) is 13.0 Å². The summed E-state index contributed by atoms with van der Waals surface area (Å²) in [5, 5.41) is 0. The van der Waals surface area contributed by atoms with Crippen molar-refractivity contribution in [2.75, 3.05) is 0 Å². The molecule has 0 aliphatic carbocycles. The lowest BCUT2D eigenvalue weighted by atomic mass is 10.1. The molecule has 0 aromatic heterocycles. The summed E-state index contributed by atoms with van der Waals surface area (Å²) < 4.78 is 5.23. The molecule has 0 atom stereocenters. The molecule has 0 N–H and O–H groups in total. The lowest BCUT2D eigenvalue weighted by Gasteiger charge is -2.05. The smallest absolute Gasteiger partial charge is 0.306 e. The normalized spacial score (nSPS) is 10.4. The third kappa shape index (κ3) is 8.60. The average Bonchev–Trinajstić information content (AvgIpc) is 2.45. The van der Waals surface area contributed by atoms with Crippen LogP contribution in [0.4, 0.5) is 0 Å². The van der Waals surface area contributed by atoms with Gasteiger partial charge in [0.2, 0.25) is 0 Å². The highest BCUT2D eigenvalue weighted by Crippen LogP contribution is 2.09. The van der Waals surface area contributed by atoms with Crippen molar-refractivity contribution in [3.63, 3.8) is 0 Å². The van der Waals surface area contributed by atoms with Gasteiger partial charge in [0.25, 0.3) is 0 Å². The summed E-state index contributed by atoms with van der Waals surface area (Å²) in [5.41, 5.74) is 1.05. The SMILES string of the molecule is O=C(CCCCCCCC[Si])OCc1ccccc1. The molecule has 1 aromatic rings. The van der Waals surface area contributed by atoms with Crippen LogP contribution >= 0.6 is 0 Å². The Bertz CT molecular complexity index is 338. The van der Waals surface area contributed by atoms with Crippen molar-refractivity contribution in [1.82, 2.24) is 0 Å². The first-order chi connectivity index (χ1) is 9.33. The number of carbonyl (C=O) groups is 1. The molecule has 0 fully saturated rings. The van der Waals surface area contributed by atoms with Crippen molar-refractivity contribution in [3.05, 3.63) is 35.9 Å². The van der Waals surface area contributed by atoms with Gasteiger partial charge < -0.3 is 4.74 Å². The highest BCUT2D eigenvalue weighted by Gasteiger charge is 2.02. The maximum absolute atomic E-state index is 11.5.